The van der Waals surface area contributed by atoms with Gasteiger partial charge in [-0.1, -0.05) is 60.7 Å². The van der Waals surface area contributed by atoms with Crippen molar-refractivity contribution in [2.75, 3.05) is 0 Å². The number of rotatable bonds is 4. The molecule has 0 N–H and O–H groups in total. The minimum atomic E-state index is -0.496. The molecule has 0 aliphatic rings. The molecule has 0 bridgehead atoms. The second kappa shape index (κ2) is 7.00. The second-order valence-corrected chi connectivity index (χ2v) is 5.94. The van der Waals surface area contributed by atoms with Gasteiger partial charge in [-0.3, -0.25) is 9.59 Å². The Morgan fingerprint density at radius 1 is 0.583 bits per heavy atom. The Bertz CT molecular complexity index is 856. The first-order valence-corrected chi connectivity index (χ1v) is 8.01. The number of halogens is 2. The molecule has 24 heavy (non-hydrogen) atoms. The lowest BCUT2D eigenvalue weighted by atomic mass is 9.93. The van der Waals surface area contributed by atoms with Crippen LogP contribution in [0.25, 0.3) is 22.3 Å². The molecule has 0 radical (unpaired) electrons. The van der Waals surface area contributed by atoms with Crippen molar-refractivity contribution in [1.29, 1.82) is 0 Å². The molecule has 0 unspecified atom stereocenters. The van der Waals surface area contributed by atoms with Crippen molar-refractivity contribution in [3.8, 4) is 22.3 Å². The fraction of sp³-hybridized carbons (Fsp3) is 0. The maximum atomic E-state index is 11.4. The average Bonchev–Trinajstić information content (AvgIpc) is 2.62. The lowest BCUT2D eigenvalue weighted by molar-refractivity contribution is 0.107. The molecule has 3 rings (SSSR count). The van der Waals surface area contributed by atoms with E-state index in [1.165, 1.54) is 0 Å². The Morgan fingerprint density at radius 2 is 1.00 bits per heavy atom. The van der Waals surface area contributed by atoms with Crippen LogP contribution < -0.4 is 0 Å². The van der Waals surface area contributed by atoms with E-state index in [0.29, 0.717) is 11.1 Å². The standard InChI is InChI=1S/C20H12Cl2O2/c21-19(23)15-7-3-5-13(11-15)17-9-1-2-10-18(17)14-6-4-8-16(12-14)20(22)24/h1-12H. The first-order valence-electron chi connectivity index (χ1n) is 7.26. The van der Waals surface area contributed by atoms with E-state index in [2.05, 4.69) is 0 Å². The lowest BCUT2D eigenvalue weighted by Gasteiger charge is -2.11. The van der Waals surface area contributed by atoms with Crippen LogP contribution in [0.2, 0.25) is 0 Å². The highest BCUT2D eigenvalue weighted by Gasteiger charge is 2.11. The van der Waals surface area contributed by atoms with E-state index in [4.69, 9.17) is 23.2 Å². The fourth-order valence-electron chi connectivity index (χ4n) is 2.60. The molecule has 0 saturated heterocycles. The molecule has 0 fully saturated rings. The molecule has 118 valence electrons. The smallest absolute Gasteiger partial charge is 0.252 e. The third kappa shape index (κ3) is 3.40. The summed E-state index contributed by atoms with van der Waals surface area (Å²) in [6.07, 6.45) is 0. The topological polar surface area (TPSA) is 34.1 Å². The molecule has 3 aromatic rings. The van der Waals surface area contributed by atoms with E-state index in [-0.39, 0.29) is 0 Å². The molecular weight excluding hydrogens is 343 g/mol. The average molecular weight is 355 g/mol. The van der Waals surface area contributed by atoms with Crippen molar-refractivity contribution in [3.05, 3.63) is 83.9 Å². The van der Waals surface area contributed by atoms with Crippen LogP contribution in [0.1, 0.15) is 20.7 Å². The van der Waals surface area contributed by atoms with Crippen LogP contribution in [0, 0.1) is 0 Å². The quantitative estimate of drug-likeness (QED) is 0.556. The van der Waals surface area contributed by atoms with E-state index in [9.17, 15) is 9.59 Å². The zero-order valence-corrected chi connectivity index (χ0v) is 14.0. The Kier molecular flexibility index (Phi) is 4.79. The van der Waals surface area contributed by atoms with Gasteiger partial charge < -0.3 is 0 Å². The highest BCUT2D eigenvalue weighted by molar-refractivity contribution is 6.68. The maximum Gasteiger partial charge on any atom is 0.252 e. The maximum absolute atomic E-state index is 11.4. The van der Waals surface area contributed by atoms with Crippen LogP contribution in [-0.2, 0) is 0 Å². The second-order valence-electron chi connectivity index (χ2n) is 5.25. The molecule has 0 atom stereocenters. The van der Waals surface area contributed by atoms with Gasteiger partial charge in [0.1, 0.15) is 0 Å². The third-order valence-corrected chi connectivity index (χ3v) is 4.16. The molecule has 0 spiro atoms. The summed E-state index contributed by atoms with van der Waals surface area (Å²) in [6.45, 7) is 0. The Labute approximate surface area is 149 Å². The van der Waals surface area contributed by atoms with Gasteiger partial charge in [0.05, 0.1) is 0 Å². The van der Waals surface area contributed by atoms with Gasteiger partial charge in [-0.05, 0) is 57.6 Å². The first-order chi connectivity index (χ1) is 11.6. The molecule has 0 aliphatic heterocycles. The van der Waals surface area contributed by atoms with Gasteiger partial charge in [-0.15, -0.1) is 0 Å². The van der Waals surface area contributed by atoms with Gasteiger partial charge >= 0.3 is 0 Å². The van der Waals surface area contributed by atoms with Gasteiger partial charge in [0.2, 0.25) is 0 Å². The normalized spacial score (nSPS) is 10.4. The summed E-state index contributed by atoms with van der Waals surface area (Å²) in [6, 6.07) is 22.0. The van der Waals surface area contributed by atoms with Crippen molar-refractivity contribution in [1.82, 2.24) is 0 Å². The summed E-state index contributed by atoms with van der Waals surface area (Å²) >= 11 is 11.2. The lowest BCUT2D eigenvalue weighted by Crippen LogP contribution is -1.92. The monoisotopic (exact) mass is 354 g/mol. The van der Waals surface area contributed by atoms with E-state index in [1.807, 2.05) is 36.4 Å². The van der Waals surface area contributed by atoms with Crippen LogP contribution in [0.15, 0.2) is 72.8 Å². The molecule has 0 aromatic heterocycles. The third-order valence-electron chi connectivity index (χ3n) is 3.73. The van der Waals surface area contributed by atoms with Crippen LogP contribution in [0.3, 0.4) is 0 Å². The van der Waals surface area contributed by atoms with E-state index >= 15 is 0 Å². The molecule has 2 nitrogen and oxygen atoms in total. The van der Waals surface area contributed by atoms with Crippen molar-refractivity contribution < 1.29 is 9.59 Å². The van der Waals surface area contributed by atoms with E-state index in [0.717, 1.165) is 22.3 Å². The fourth-order valence-corrected chi connectivity index (χ4v) is 2.84. The van der Waals surface area contributed by atoms with Gasteiger partial charge in [-0.2, -0.15) is 0 Å². The summed E-state index contributed by atoms with van der Waals surface area (Å²) in [5.41, 5.74) is 4.51. The summed E-state index contributed by atoms with van der Waals surface area (Å²) < 4.78 is 0. The first kappa shape index (κ1) is 16.4. The summed E-state index contributed by atoms with van der Waals surface area (Å²) in [5.74, 6) is 0. The van der Waals surface area contributed by atoms with Gasteiger partial charge in [0.15, 0.2) is 0 Å². The van der Waals surface area contributed by atoms with Gasteiger partial charge in [0, 0.05) is 11.1 Å². The van der Waals surface area contributed by atoms with Crippen molar-refractivity contribution in [2.45, 2.75) is 0 Å². The number of hydrogen-bond acceptors (Lipinski definition) is 2. The predicted octanol–water partition coefficient (Wildman–Crippen LogP) is 5.78. The summed E-state index contributed by atoms with van der Waals surface area (Å²) in [7, 11) is 0. The number of carbonyl (C=O) groups is 2. The van der Waals surface area contributed by atoms with Crippen LogP contribution in [0.4, 0.5) is 0 Å². The highest BCUT2D eigenvalue weighted by Crippen LogP contribution is 2.33. The van der Waals surface area contributed by atoms with Crippen LogP contribution in [-0.4, -0.2) is 10.5 Å². The largest absolute Gasteiger partial charge is 0.276 e. The SMILES string of the molecule is O=C(Cl)c1cccc(-c2ccccc2-c2cccc(C(=O)Cl)c2)c1. The van der Waals surface area contributed by atoms with Crippen molar-refractivity contribution >= 4 is 33.7 Å². The van der Waals surface area contributed by atoms with E-state index in [1.54, 1.807) is 36.4 Å². The number of hydrogen-bond donors (Lipinski definition) is 0. The summed E-state index contributed by atoms with van der Waals surface area (Å²) in [5, 5.41) is -0.992. The van der Waals surface area contributed by atoms with Gasteiger partial charge in [0.25, 0.3) is 10.5 Å². The molecular formula is C20H12Cl2O2. The minimum absolute atomic E-state index is 0.439. The van der Waals surface area contributed by atoms with Gasteiger partial charge in [-0.25, -0.2) is 0 Å². The van der Waals surface area contributed by atoms with Crippen molar-refractivity contribution in [3.63, 3.8) is 0 Å². The number of carbonyl (C=O) groups excluding carboxylic acids is 2. The Balaban J connectivity index is 2.16. The van der Waals surface area contributed by atoms with E-state index < -0.39 is 10.5 Å². The predicted molar refractivity (Wildman–Crippen MR) is 97.7 cm³/mol. The Hall–Kier alpha value is -2.42. The number of benzene rings is 3. The summed E-state index contributed by atoms with van der Waals surface area (Å²) in [4.78, 5) is 22.8. The van der Waals surface area contributed by atoms with Crippen LogP contribution in [0.5, 0.6) is 0 Å². The molecule has 0 heterocycles. The molecule has 0 saturated carbocycles. The van der Waals surface area contributed by atoms with Crippen molar-refractivity contribution in [2.24, 2.45) is 0 Å². The Morgan fingerprint density at radius 3 is 1.38 bits per heavy atom. The molecule has 4 heteroatoms. The molecule has 0 aliphatic carbocycles. The minimum Gasteiger partial charge on any atom is -0.276 e. The molecule has 3 aromatic carbocycles. The highest BCUT2D eigenvalue weighted by atomic mass is 35.5. The molecule has 0 amide bonds. The zero-order chi connectivity index (χ0) is 17.1. The zero-order valence-electron chi connectivity index (χ0n) is 12.5. The van der Waals surface area contributed by atoms with Crippen LogP contribution >= 0.6 is 23.2 Å².